The van der Waals surface area contributed by atoms with E-state index >= 15 is 0 Å². The van der Waals surface area contributed by atoms with E-state index in [-0.39, 0.29) is 29.7 Å². The minimum atomic E-state index is -2.08. The predicted molar refractivity (Wildman–Crippen MR) is 84.9 cm³/mol. The lowest BCUT2D eigenvalue weighted by molar-refractivity contribution is -0.0643. The number of ether oxygens (including phenoxy) is 2. The highest BCUT2D eigenvalue weighted by atomic mass is 16.6. The Hall–Kier alpha value is -2.78. The van der Waals surface area contributed by atoms with Gasteiger partial charge in [-0.05, 0) is 19.0 Å². The van der Waals surface area contributed by atoms with Crippen LogP contribution in [-0.2, 0) is 15.1 Å². The summed E-state index contributed by atoms with van der Waals surface area (Å²) in [5.41, 5.74) is -2.10. The number of fused-ring (bicyclic) bond motifs is 1. The number of nitrogens with zero attached hydrogens (tertiary/aromatic N) is 4. The largest absolute Gasteiger partial charge is 0.450 e. The Morgan fingerprint density at radius 3 is 3.04 bits per heavy atom. The molecule has 0 aromatic carbocycles. The Bertz CT molecular complexity index is 914. The van der Waals surface area contributed by atoms with E-state index in [0.29, 0.717) is 0 Å². The first-order chi connectivity index (χ1) is 12.9. The summed E-state index contributed by atoms with van der Waals surface area (Å²) in [7, 11) is 0. The molecule has 0 spiro atoms. The summed E-state index contributed by atoms with van der Waals surface area (Å²) in [5, 5.41) is 45.8. The Kier molecular flexibility index (Phi) is 4.39. The van der Waals surface area contributed by atoms with Gasteiger partial charge in [-0.2, -0.15) is 10.4 Å². The van der Waals surface area contributed by atoms with Crippen molar-refractivity contribution in [2.75, 3.05) is 18.5 Å². The normalized spacial score (nSPS) is 28.6. The highest BCUT2D eigenvalue weighted by Crippen LogP contribution is 2.40. The summed E-state index contributed by atoms with van der Waals surface area (Å²) in [6.45, 7) is 1.13. The van der Waals surface area contributed by atoms with Crippen LogP contribution >= 0.6 is 0 Å². The predicted octanol–water partition coefficient (Wildman–Crippen LogP) is -0.871. The molecule has 1 saturated heterocycles. The first-order valence-corrected chi connectivity index (χ1v) is 7.73. The minimum absolute atomic E-state index is 0.0351. The van der Waals surface area contributed by atoms with Crippen molar-refractivity contribution < 1.29 is 31.0 Å². The highest BCUT2D eigenvalue weighted by Gasteiger charge is 2.57. The number of rotatable bonds is 4. The van der Waals surface area contributed by atoms with Crippen LogP contribution in [0.4, 0.5) is 10.6 Å². The standard InChI is InChI=1S/C15H17N5O6/c1-2-25-14(24)19-13-8-3-4-10(20(8)18-7-17-13)15(6-16)12(23)11(22)9(5-21)26-15/h3-4,7,9,11-12,21-23H,2,5H2,1H3,(H,17,18,19,24)/t9-,11-,12-,15+/m1/s1/i3D. The topological polar surface area (TPSA) is 162 Å². The number of aliphatic hydroxyl groups excluding tert-OH is 3. The second kappa shape index (κ2) is 6.85. The quantitative estimate of drug-likeness (QED) is 0.540. The molecule has 11 nitrogen and oxygen atoms in total. The van der Waals surface area contributed by atoms with Crippen LogP contribution in [0.5, 0.6) is 0 Å². The van der Waals surface area contributed by atoms with Crippen molar-refractivity contribution in [3.8, 4) is 6.07 Å². The summed E-state index contributed by atoms with van der Waals surface area (Å²) in [4.78, 5) is 15.6. The van der Waals surface area contributed by atoms with Crippen LogP contribution < -0.4 is 5.32 Å². The molecular formula is C15H17N5O6. The second-order valence-corrected chi connectivity index (χ2v) is 5.51. The van der Waals surface area contributed by atoms with Crippen molar-refractivity contribution in [1.82, 2.24) is 14.6 Å². The highest BCUT2D eigenvalue weighted by molar-refractivity contribution is 5.88. The van der Waals surface area contributed by atoms with Crippen LogP contribution in [0.25, 0.3) is 5.52 Å². The zero-order valence-electron chi connectivity index (χ0n) is 14.7. The van der Waals surface area contributed by atoms with Crippen LogP contribution in [-0.4, -0.2) is 67.5 Å². The summed E-state index contributed by atoms with van der Waals surface area (Å²) in [6.07, 6.45) is -4.13. The summed E-state index contributed by atoms with van der Waals surface area (Å²) < 4.78 is 19.5. The molecule has 1 aliphatic rings. The molecule has 3 heterocycles. The Morgan fingerprint density at radius 1 is 1.65 bits per heavy atom. The SMILES string of the molecule is [2H]c1cc([C@]2(C#N)O[C@H](CO)[C@@H](O)[C@H]2O)n2ncnc(NC(=O)OCC)c12. The van der Waals surface area contributed by atoms with Crippen LogP contribution in [0.3, 0.4) is 0 Å². The van der Waals surface area contributed by atoms with Crippen molar-refractivity contribution in [2.24, 2.45) is 0 Å². The lowest BCUT2D eigenvalue weighted by atomic mass is 9.92. The molecule has 0 bridgehead atoms. The molecule has 4 atom stereocenters. The zero-order chi connectivity index (χ0) is 19.8. The fourth-order valence-corrected chi connectivity index (χ4v) is 2.81. The fourth-order valence-electron chi connectivity index (χ4n) is 2.81. The van der Waals surface area contributed by atoms with Crippen molar-refractivity contribution in [2.45, 2.75) is 30.8 Å². The third-order valence-corrected chi connectivity index (χ3v) is 4.04. The third-order valence-electron chi connectivity index (χ3n) is 4.04. The van der Waals surface area contributed by atoms with Crippen molar-refractivity contribution in [3.63, 3.8) is 0 Å². The van der Waals surface area contributed by atoms with Gasteiger partial charge in [0.05, 0.1) is 20.3 Å². The molecule has 1 amide bonds. The maximum atomic E-state index is 11.7. The number of hydrogen-bond donors (Lipinski definition) is 4. The Morgan fingerprint density at radius 2 is 2.42 bits per heavy atom. The smallest absolute Gasteiger partial charge is 0.412 e. The Balaban J connectivity index is 2.14. The molecule has 2 aromatic heterocycles. The first-order valence-electron chi connectivity index (χ1n) is 8.23. The number of amides is 1. The number of nitriles is 1. The fraction of sp³-hybridized carbons (Fsp3) is 0.467. The van der Waals surface area contributed by atoms with Gasteiger partial charge in [0.15, 0.2) is 5.82 Å². The molecule has 1 aliphatic heterocycles. The molecule has 2 aromatic rings. The molecule has 138 valence electrons. The monoisotopic (exact) mass is 364 g/mol. The van der Waals surface area contributed by atoms with Crippen LogP contribution in [0.1, 0.15) is 14.0 Å². The van der Waals surface area contributed by atoms with Gasteiger partial charge in [0.25, 0.3) is 0 Å². The van der Waals surface area contributed by atoms with E-state index < -0.39 is 36.6 Å². The molecular weight excluding hydrogens is 346 g/mol. The number of carbonyl (C=O) groups is 1. The van der Waals surface area contributed by atoms with Gasteiger partial charge in [0.2, 0.25) is 5.60 Å². The van der Waals surface area contributed by atoms with E-state index in [1.165, 1.54) is 6.07 Å². The average molecular weight is 364 g/mol. The second-order valence-electron chi connectivity index (χ2n) is 5.51. The lowest BCUT2D eigenvalue weighted by Crippen LogP contribution is -2.41. The number of nitrogens with one attached hydrogen (secondary N) is 1. The van der Waals surface area contributed by atoms with Crippen molar-refractivity contribution in [3.05, 3.63) is 24.1 Å². The summed E-state index contributed by atoms with van der Waals surface area (Å²) in [5.74, 6) is -0.0421. The van der Waals surface area contributed by atoms with Gasteiger partial charge in [0, 0.05) is 0 Å². The summed E-state index contributed by atoms with van der Waals surface area (Å²) in [6, 6.07) is 2.85. The molecule has 0 aliphatic carbocycles. The summed E-state index contributed by atoms with van der Waals surface area (Å²) >= 11 is 0. The molecule has 1 fully saturated rings. The Labute approximate surface area is 148 Å². The molecule has 26 heavy (non-hydrogen) atoms. The van der Waals surface area contributed by atoms with Gasteiger partial charge in [-0.3, -0.25) is 5.32 Å². The first kappa shape index (κ1) is 16.7. The number of aliphatic hydroxyl groups is 3. The molecule has 4 N–H and O–H groups in total. The van der Waals surface area contributed by atoms with Crippen LogP contribution in [0, 0.1) is 11.3 Å². The molecule has 0 saturated carbocycles. The van der Waals surface area contributed by atoms with E-state index in [9.17, 15) is 25.4 Å². The number of hydrogen-bond acceptors (Lipinski definition) is 9. The maximum Gasteiger partial charge on any atom is 0.412 e. The zero-order valence-corrected chi connectivity index (χ0v) is 13.7. The molecule has 0 radical (unpaired) electrons. The van der Waals surface area contributed by atoms with Crippen LogP contribution in [0.15, 0.2) is 18.4 Å². The number of carbonyl (C=O) groups excluding carboxylic acids is 1. The van der Waals surface area contributed by atoms with Crippen molar-refractivity contribution in [1.29, 1.82) is 5.26 Å². The number of anilines is 1. The molecule has 3 rings (SSSR count). The van der Waals surface area contributed by atoms with Gasteiger partial charge in [-0.15, -0.1) is 0 Å². The van der Waals surface area contributed by atoms with Gasteiger partial charge in [-0.25, -0.2) is 14.3 Å². The van der Waals surface area contributed by atoms with Crippen LogP contribution in [0.2, 0.25) is 0 Å². The number of aromatic nitrogens is 3. The van der Waals surface area contributed by atoms with E-state index in [4.69, 9.17) is 10.8 Å². The van der Waals surface area contributed by atoms with E-state index in [1.807, 2.05) is 0 Å². The average Bonchev–Trinajstić information content (AvgIpc) is 3.12. The van der Waals surface area contributed by atoms with E-state index in [0.717, 1.165) is 10.8 Å². The van der Waals surface area contributed by atoms with E-state index in [2.05, 4.69) is 15.4 Å². The maximum absolute atomic E-state index is 11.7. The van der Waals surface area contributed by atoms with Gasteiger partial charge >= 0.3 is 6.09 Å². The van der Waals surface area contributed by atoms with Crippen molar-refractivity contribution >= 4 is 17.4 Å². The molecule has 11 heteroatoms. The van der Waals surface area contributed by atoms with Gasteiger partial charge in [0.1, 0.15) is 36.2 Å². The van der Waals surface area contributed by atoms with Gasteiger partial charge in [-0.1, -0.05) is 0 Å². The molecule has 0 unspecified atom stereocenters. The van der Waals surface area contributed by atoms with E-state index in [1.54, 1.807) is 13.0 Å². The lowest BCUT2D eigenvalue weighted by Gasteiger charge is -2.24. The van der Waals surface area contributed by atoms with Gasteiger partial charge < -0.3 is 24.8 Å². The third kappa shape index (κ3) is 2.65. The minimum Gasteiger partial charge on any atom is -0.450 e.